The van der Waals surface area contributed by atoms with Gasteiger partial charge in [-0.1, -0.05) is 41.9 Å². The van der Waals surface area contributed by atoms with E-state index >= 15 is 0 Å². The lowest BCUT2D eigenvalue weighted by molar-refractivity contribution is 0.177. The maximum Gasteiger partial charge on any atom is 0.336 e. The van der Waals surface area contributed by atoms with Gasteiger partial charge in [0.05, 0.1) is 0 Å². The third-order valence-corrected chi connectivity index (χ3v) is 5.98. The van der Waals surface area contributed by atoms with Crippen molar-refractivity contribution in [1.29, 1.82) is 0 Å². The molecular weight excluding hydrogens is 358 g/mol. The fourth-order valence-electron chi connectivity index (χ4n) is 4.02. The van der Waals surface area contributed by atoms with Crippen molar-refractivity contribution in [2.24, 2.45) is 5.92 Å². The fraction of sp³-hybridized carbons (Fsp3) is 0.348. The van der Waals surface area contributed by atoms with Crippen LogP contribution in [-0.2, 0) is 13.0 Å². The zero-order valence-corrected chi connectivity index (χ0v) is 16.3. The molecule has 1 saturated heterocycles. The minimum absolute atomic E-state index is 0.293. The Balaban J connectivity index is 1.46. The molecule has 0 amide bonds. The van der Waals surface area contributed by atoms with Gasteiger partial charge in [-0.25, -0.2) is 4.79 Å². The molecule has 0 N–H and O–H groups in total. The zero-order chi connectivity index (χ0) is 18.8. The molecule has 0 atom stereocenters. The average Bonchev–Trinajstić information content (AvgIpc) is 2.66. The standard InChI is InChI=1S/C23H24ClNO2/c1-16-11-22-20(14-21(16)24)19(13-23(26)27-22)15-25-9-7-18(8-10-25)12-17-5-3-2-4-6-17/h2-6,11,13-14,18H,7-10,12,15H2,1H3. The molecule has 3 aromatic rings. The third kappa shape index (κ3) is 4.26. The summed E-state index contributed by atoms with van der Waals surface area (Å²) in [4.78, 5) is 14.4. The second-order valence-electron chi connectivity index (χ2n) is 7.60. The second kappa shape index (κ2) is 7.87. The minimum Gasteiger partial charge on any atom is -0.423 e. The SMILES string of the molecule is Cc1cc2oc(=O)cc(CN3CCC(Cc4ccccc4)CC3)c2cc1Cl. The van der Waals surface area contributed by atoms with Crippen molar-refractivity contribution < 1.29 is 4.42 Å². The predicted octanol–water partition coefficient (Wildman–Crippen LogP) is 5.21. The fourth-order valence-corrected chi connectivity index (χ4v) is 4.18. The van der Waals surface area contributed by atoms with E-state index in [1.54, 1.807) is 6.07 Å². The van der Waals surface area contributed by atoms with Crippen molar-refractivity contribution >= 4 is 22.6 Å². The van der Waals surface area contributed by atoms with Crippen LogP contribution in [0.15, 0.2) is 57.7 Å². The van der Waals surface area contributed by atoms with Crippen LogP contribution in [0.3, 0.4) is 0 Å². The van der Waals surface area contributed by atoms with E-state index in [1.165, 1.54) is 18.4 Å². The van der Waals surface area contributed by atoms with E-state index < -0.39 is 0 Å². The third-order valence-electron chi connectivity index (χ3n) is 5.58. The molecule has 140 valence electrons. The minimum atomic E-state index is -0.293. The molecule has 4 rings (SSSR count). The highest BCUT2D eigenvalue weighted by molar-refractivity contribution is 6.32. The number of likely N-dealkylation sites (tertiary alicyclic amines) is 1. The molecule has 0 bridgehead atoms. The summed E-state index contributed by atoms with van der Waals surface area (Å²) in [5.74, 6) is 0.735. The summed E-state index contributed by atoms with van der Waals surface area (Å²) >= 11 is 6.30. The summed E-state index contributed by atoms with van der Waals surface area (Å²) in [5.41, 5.74) is 3.68. The van der Waals surface area contributed by atoms with E-state index in [4.69, 9.17) is 16.0 Å². The summed E-state index contributed by atoms with van der Waals surface area (Å²) in [6.45, 7) is 4.79. The summed E-state index contributed by atoms with van der Waals surface area (Å²) in [6, 6.07) is 16.1. The van der Waals surface area contributed by atoms with Gasteiger partial charge in [0, 0.05) is 23.0 Å². The van der Waals surface area contributed by atoms with Gasteiger partial charge < -0.3 is 4.42 Å². The molecule has 2 aromatic carbocycles. The Morgan fingerprint density at radius 2 is 1.85 bits per heavy atom. The number of nitrogens with zero attached hydrogens (tertiary/aromatic N) is 1. The largest absolute Gasteiger partial charge is 0.423 e. The van der Waals surface area contributed by atoms with Crippen LogP contribution in [0.25, 0.3) is 11.0 Å². The first-order valence-electron chi connectivity index (χ1n) is 9.57. The highest BCUT2D eigenvalue weighted by Gasteiger charge is 2.20. The van der Waals surface area contributed by atoms with E-state index in [0.29, 0.717) is 10.6 Å². The van der Waals surface area contributed by atoms with Gasteiger partial charge in [-0.15, -0.1) is 0 Å². The van der Waals surface area contributed by atoms with Crippen molar-refractivity contribution in [2.45, 2.75) is 32.7 Å². The summed E-state index contributed by atoms with van der Waals surface area (Å²) in [5, 5.41) is 1.65. The first-order chi connectivity index (χ1) is 13.1. The van der Waals surface area contributed by atoms with Crippen LogP contribution in [0.1, 0.15) is 29.5 Å². The Morgan fingerprint density at radius 1 is 1.11 bits per heavy atom. The molecule has 2 heterocycles. The Morgan fingerprint density at radius 3 is 2.59 bits per heavy atom. The lowest BCUT2D eigenvalue weighted by Gasteiger charge is -2.32. The molecule has 27 heavy (non-hydrogen) atoms. The number of hydrogen-bond acceptors (Lipinski definition) is 3. The Bertz CT molecular complexity index is 988. The smallest absolute Gasteiger partial charge is 0.336 e. The van der Waals surface area contributed by atoms with Crippen LogP contribution in [-0.4, -0.2) is 18.0 Å². The van der Waals surface area contributed by atoms with Crippen molar-refractivity contribution in [1.82, 2.24) is 4.90 Å². The number of hydrogen-bond donors (Lipinski definition) is 0. The quantitative estimate of drug-likeness (QED) is 0.581. The zero-order valence-electron chi connectivity index (χ0n) is 15.6. The maximum absolute atomic E-state index is 12.0. The maximum atomic E-state index is 12.0. The van der Waals surface area contributed by atoms with Gasteiger partial charge in [0.25, 0.3) is 0 Å². The highest BCUT2D eigenvalue weighted by atomic mass is 35.5. The number of piperidine rings is 1. The molecule has 0 radical (unpaired) electrons. The Kier molecular flexibility index (Phi) is 5.33. The van der Waals surface area contributed by atoms with Gasteiger partial charge in [-0.3, -0.25) is 4.90 Å². The van der Waals surface area contributed by atoms with E-state index in [2.05, 4.69) is 35.2 Å². The summed E-state index contributed by atoms with van der Waals surface area (Å²) < 4.78 is 5.38. The summed E-state index contributed by atoms with van der Waals surface area (Å²) in [7, 11) is 0. The molecule has 0 unspecified atom stereocenters. The Hall–Kier alpha value is -2.10. The lowest BCUT2D eigenvalue weighted by atomic mass is 9.90. The predicted molar refractivity (Wildman–Crippen MR) is 110 cm³/mol. The monoisotopic (exact) mass is 381 g/mol. The van der Waals surface area contributed by atoms with Crippen LogP contribution >= 0.6 is 11.6 Å². The number of halogens is 1. The number of benzene rings is 2. The normalized spacial score (nSPS) is 16.1. The van der Waals surface area contributed by atoms with E-state index in [9.17, 15) is 4.79 Å². The molecule has 4 heteroatoms. The van der Waals surface area contributed by atoms with Gasteiger partial charge >= 0.3 is 5.63 Å². The molecule has 1 aliphatic rings. The lowest BCUT2D eigenvalue weighted by Crippen LogP contribution is -2.34. The van der Waals surface area contributed by atoms with Gasteiger partial charge in [-0.05, 0) is 74.0 Å². The number of fused-ring (bicyclic) bond motifs is 1. The second-order valence-corrected chi connectivity index (χ2v) is 8.00. The molecule has 1 aliphatic heterocycles. The van der Waals surface area contributed by atoms with Crippen LogP contribution in [0, 0.1) is 12.8 Å². The molecule has 1 aromatic heterocycles. The molecular formula is C23H24ClNO2. The average molecular weight is 382 g/mol. The van der Waals surface area contributed by atoms with Crippen molar-refractivity contribution in [3.05, 3.63) is 80.7 Å². The van der Waals surface area contributed by atoms with Crippen LogP contribution < -0.4 is 5.63 Å². The van der Waals surface area contributed by atoms with Crippen molar-refractivity contribution in [3.8, 4) is 0 Å². The topological polar surface area (TPSA) is 33.5 Å². The molecule has 0 aliphatic carbocycles. The van der Waals surface area contributed by atoms with E-state index in [0.717, 1.165) is 48.5 Å². The van der Waals surface area contributed by atoms with Gasteiger partial charge in [0.1, 0.15) is 5.58 Å². The molecule has 1 fully saturated rings. The van der Waals surface area contributed by atoms with Crippen LogP contribution in [0.5, 0.6) is 0 Å². The van der Waals surface area contributed by atoms with Crippen LogP contribution in [0.4, 0.5) is 0 Å². The Labute approximate surface area is 164 Å². The van der Waals surface area contributed by atoms with E-state index in [-0.39, 0.29) is 5.63 Å². The summed E-state index contributed by atoms with van der Waals surface area (Å²) in [6.07, 6.45) is 3.53. The van der Waals surface area contributed by atoms with E-state index in [1.807, 2.05) is 19.1 Å². The number of aryl methyl sites for hydroxylation is 1. The molecule has 0 spiro atoms. The van der Waals surface area contributed by atoms with Gasteiger partial charge in [-0.2, -0.15) is 0 Å². The van der Waals surface area contributed by atoms with Gasteiger partial charge in [0.15, 0.2) is 0 Å². The van der Waals surface area contributed by atoms with Crippen molar-refractivity contribution in [2.75, 3.05) is 13.1 Å². The van der Waals surface area contributed by atoms with Crippen molar-refractivity contribution in [3.63, 3.8) is 0 Å². The molecule has 0 saturated carbocycles. The van der Waals surface area contributed by atoms with Gasteiger partial charge in [0.2, 0.25) is 0 Å². The number of rotatable bonds is 4. The van der Waals surface area contributed by atoms with Crippen LogP contribution in [0.2, 0.25) is 5.02 Å². The first kappa shape index (κ1) is 18.3. The first-order valence-corrected chi connectivity index (χ1v) is 9.95. The molecule has 3 nitrogen and oxygen atoms in total. The highest BCUT2D eigenvalue weighted by Crippen LogP contribution is 2.28.